The van der Waals surface area contributed by atoms with Crippen LogP contribution in [0.2, 0.25) is 0 Å². The maximum Gasteiger partial charge on any atom is 0.326 e. The fourth-order valence-corrected chi connectivity index (χ4v) is 4.10. The van der Waals surface area contributed by atoms with E-state index in [9.17, 15) is 23.6 Å². The Kier molecular flexibility index (Phi) is 7.08. The third kappa shape index (κ3) is 4.17. The van der Waals surface area contributed by atoms with Gasteiger partial charge in [-0.15, -0.1) is 0 Å². The first kappa shape index (κ1) is 23.6. The van der Waals surface area contributed by atoms with Crippen LogP contribution >= 0.6 is 15.9 Å². The van der Waals surface area contributed by atoms with Gasteiger partial charge in [0.15, 0.2) is 5.41 Å². The van der Waals surface area contributed by atoms with E-state index in [0.29, 0.717) is 17.4 Å². The van der Waals surface area contributed by atoms with Gasteiger partial charge in [0, 0.05) is 22.1 Å². The van der Waals surface area contributed by atoms with E-state index in [2.05, 4.69) is 21.2 Å². The highest BCUT2D eigenvalue weighted by Crippen LogP contribution is 2.40. The monoisotopic (exact) mass is 504 g/mol. The van der Waals surface area contributed by atoms with Crippen LogP contribution in [0.15, 0.2) is 46.9 Å². The number of imide groups is 1. The number of hydrogen-bond acceptors (Lipinski definition) is 5. The first-order chi connectivity index (χ1) is 15.3. The molecule has 2 aromatic carbocycles. The maximum absolute atomic E-state index is 14.5. The summed E-state index contributed by atoms with van der Waals surface area (Å²) in [5, 5.41) is 2.66. The van der Waals surface area contributed by atoms with Crippen molar-refractivity contribution in [1.29, 1.82) is 0 Å². The van der Waals surface area contributed by atoms with Gasteiger partial charge in [-0.1, -0.05) is 47.1 Å². The van der Waals surface area contributed by atoms with Gasteiger partial charge in [-0.3, -0.25) is 24.1 Å². The van der Waals surface area contributed by atoms with Crippen molar-refractivity contribution in [2.75, 3.05) is 13.7 Å². The molecule has 3 rings (SSSR count). The van der Waals surface area contributed by atoms with Gasteiger partial charge >= 0.3 is 5.97 Å². The molecule has 1 N–H and O–H groups in total. The van der Waals surface area contributed by atoms with E-state index in [1.807, 2.05) is 6.92 Å². The molecule has 0 bridgehead atoms. The highest BCUT2D eigenvalue weighted by atomic mass is 79.9. The summed E-state index contributed by atoms with van der Waals surface area (Å²) in [4.78, 5) is 53.4. The number of nitrogens with one attached hydrogen (secondary N) is 1. The zero-order valence-electron chi connectivity index (χ0n) is 17.6. The number of nitrogens with zero attached hydrogens (tertiary/aromatic N) is 1. The summed E-state index contributed by atoms with van der Waals surface area (Å²) in [5.41, 5.74) is -1.80. The second kappa shape index (κ2) is 9.60. The van der Waals surface area contributed by atoms with Crippen LogP contribution in [0.3, 0.4) is 0 Å². The molecule has 2 aromatic rings. The number of fused-ring (bicyclic) bond motifs is 1. The molecule has 0 aliphatic carbocycles. The van der Waals surface area contributed by atoms with Gasteiger partial charge in [-0.2, -0.15) is 0 Å². The van der Waals surface area contributed by atoms with Crippen LogP contribution in [-0.4, -0.2) is 42.2 Å². The topological polar surface area (TPSA) is 92.8 Å². The Morgan fingerprint density at radius 3 is 2.56 bits per heavy atom. The summed E-state index contributed by atoms with van der Waals surface area (Å²) < 4.78 is 19.9. The molecule has 0 radical (unpaired) electrons. The third-order valence-electron chi connectivity index (χ3n) is 5.35. The molecule has 1 heterocycles. The van der Waals surface area contributed by atoms with Gasteiger partial charge in [-0.25, -0.2) is 4.39 Å². The molecular formula is C23H22BrFN2O5. The maximum atomic E-state index is 14.5. The zero-order valence-corrected chi connectivity index (χ0v) is 19.2. The van der Waals surface area contributed by atoms with Gasteiger partial charge in [0.05, 0.1) is 20.1 Å². The molecular weight excluding hydrogens is 483 g/mol. The van der Waals surface area contributed by atoms with E-state index in [0.717, 1.165) is 12.0 Å². The second-order valence-corrected chi connectivity index (χ2v) is 8.32. The molecule has 0 spiro atoms. The quantitative estimate of drug-likeness (QED) is 0.355. The summed E-state index contributed by atoms with van der Waals surface area (Å²) in [6.45, 7) is 1.82. The minimum Gasteiger partial charge on any atom is -0.468 e. The summed E-state index contributed by atoms with van der Waals surface area (Å²) in [6.07, 6.45) is 0.122. The number of hydrogen-bond donors (Lipinski definition) is 1. The van der Waals surface area contributed by atoms with Crippen LogP contribution in [0, 0.1) is 5.82 Å². The fraction of sp³-hybridized carbons (Fsp3) is 0.304. The van der Waals surface area contributed by atoms with Crippen molar-refractivity contribution < 1.29 is 28.3 Å². The second-order valence-electron chi connectivity index (χ2n) is 7.40. The molecule has 32 heavy (non-hydrogen) atoms. The average molecular weight is 505 g/mol. The summed E-state index contributed by atoms with van der Waals surface area (Å²) in [5.74, 6) is -3.73. The molecule has 0 saturated heterocycles. The van der Waals surface area contributed by atoms with Crippen LogP contribution < -0.4 is 5.32 Å². The lowest BCUT2D eigenvalue weighted by molar-refractivity contribution is -0.158. The van der Waals surface area contributed by atoms with E-state index in [1.165, 1.54) is 24.3 Å². The summed E-state index contributed by atoms with van der Waals surface area (Å²) in [6, 6.07) is 10.3. The Labute approximate surface area is 193 Å². The van der Waals surface area contributed by atoms with Crippen molar-refractivity contribution >= 4 is 39.6 Å². The standard InChI is InChI=1S/C23H22BrFN2O5/c1-3-10-26-19(28)12-23(22(31)32-2)17-7-5-4-6-16(17)20(29)27(21(23)30)13-14-8-9-15(24)11-18(14)25/h4-9,11H,3,10,12-13H2,1-2H3,(H,26,28). The lowest BCUT2D eigenvalue weighted by Crippen LogP contribution is -2.59. The molecule has 3 amide bonds. The van der Waals surface area contributed by atoms with Crippen LogP contribution in [0.1, 0.15) is 41.3 Å². The molecule has 0 fully saturated rings. The molecule has 0 saturated carbocycles. The Balaban J connectivity index is 2.15. The van der Waals surface area contributed by atoms with Crippen molar-refractivity contribution in [1.82, 2.24) is 10.2 Å². The fourth-order valence-electron chi connectivity index (χ4n) is 3.77. The smallest absolute Gasteiger partial charge is 0.326 e. The number of ether oxygens (including phenoxy) is 1. The summed E-state index contributed by atoms with van der Waals surface area (Å²) in [7, 11) is 1.11. The van der Waals surface area contributed by atoms with Gasteiger partial charge in [0.25, 0.3) is 11.8 Å². The van der Waals surface area contributed by atoms with E-state index in [1.54, 1.807) is 18.2 Å². The number of methoxy groups -OCH3 is 1. The third-order valence-corrected chi connectivity index (χ3v) is 5.84. The predicted molar refractivity (Wildman–Crippen MR) is 117 cm³/mol. The Bertz CT molecular complexity index is 1090. The van der Waals surface area contributed by atoms with Crippen molar-refractivity contribution in [2.24, 2.45) is 0 Å². The zero-order chi connectivity index (χ0) is 23.5. The van der Waals surface area contributed by atoms with Crippen molar-refractivity contribution in [3.8, 4) is 0 Å². The predicted octanol–water partition coefficient (Wildman–Crippen LogP) is 3.10. The first-order valence-corrected chi connectivity index (χ1v) is 10.8. The molecule has 1 aliphatic rings. The van der Waals surface area contributed by atoms with Crippen LogP contribution in [0.25, 0.3) is 0 Å². The molecule has 1 aliphatic heterocycles. The van der Waals surface area contributed by atoms with Crippen LogP contribution in [-0.2, 0) is 31.1 Å². The van der Waals surface area contributed by atoms with Crippen LogP contribution in [0.4, 0.5) is 4.39 Å². The molecule has 9 heteroatoms. The van der Waals surface area contributed by atoms with Crippen LogP contribution in [0.5, 0.6) is 0 Å². The van der Waals surface area contributed by atoms with E-state index >= 15 is 0 Å². The highest BCUT2D eigenvalue weighted by Gasteiger charge is 2.57. The van der Waals surface area contributed by atoms with Crippen molar-refractivity contribution in [3.05, 3.63) is 69.4 Å². The largest absolute Gasteiger partial charge is 0.468 e. The normalized spacial score (nSPS) is 17.7. The number of amides is 3. The minimum absolute atomic E-state index is 0.0818. The van der Waals surface area contributed by atoms with E-state index in [4.69, 9.17) is 4.74 Å². The lowest BCUT2D eigenvalue weighted by Gasteiger charge is -2.39. The molecule has 0 aromatic heterocycles. The SMILES string of the molecule is CCCNC(=O)CC1(C(=O)OC)C(=O)N(Cc2ccc(Br)cc2F)C(=O)c2ccccc21. The van der Waals surface area contributed by atoms with Crippen molar-refractivity contribution in [3.63, 3.8) is 0 Å². The van der Waals surface area contributed by atoms with Gasteiger partial charge in [0.2, 0.25) is 5.91 Å². The van der Waals surface area contributed by atoms with Gasteiger partial charge < -0.3 is 10.1 Å². The molecule has 168 valence electrons. The Hall–Kier alpha value is -3.07. The summed E-state index contributed by atoms with van der Waals surface area (Å²) >= 11 is 3.17. The minimum atomic E-state index is -2.07. The molecule has 7 nitrogen and oxygen atoms in total. The van der Waals surface area contributed by atoms with Gasteiger partial charge in [0.1, 0.15) is 5.82 Å². The Morgan fingerprint density at radius 1 is 1.19 bits per heavy atom. The number of carbonyl (C=O) groups excluding carboxylic acids is 4. The molecule has 1 atom stereocenters. The van der Waals surface area contributed by atoms with Crippen molar-refractivity contribution in [2.45, 2.75) is 31.7 Å². The number of rotatable bonds is 7. The number of esters is 1. The number of halogens is 2. The Morgan fingerprint density at radius 2 is 1.91 bits per heavy atom. The van der Waals surface area contributed by atoms with E-state index in [-0.39, 0.29) is 16.7 Å². The first-order valence-electron chi connectivity index (χ1n) is 10.0. The van der Waals surface area contributed by atoms with E-state index < -0.39 is 47.9 Å². The van der Waals surface area contributed by atoms with Gasteiger partial charge in [-0.05, 0) is 30.2 Å². The molecule has 1 unspecified atom stereocenters. The highest BCUT2D eigenvalue weighted by molar-refractivity contribution is 9.10. The average Bonchev–Trinajstić information content (AvgIpc) is 2.78. The lowest BCUT2D eigenvalue weighted by atomic mass is 9.71. The number of benzene rings is 2. The number of carbonyl (C=O) groups is 4.